The molecule has 0 bridgehead atoms. The van der Waals surface area contributed by atoms with Crippen molar-refractivity contribution < 1.29 is 14.7 Å². The van der Waals surface area contributed by atoms with Crippen LogP contribution in [-0.2, 0) is 9.59 Å². The lowest BCUT2D eigenvalue weighted by molar-refractivity contribution is -0.147. The first-order chi connectivity index (χ1) is 8.01. The van der Waals surface area contributed by atoms with Crippen LogP contribution < -0.4 is 5.32 Å². The van der Waals surface area contributed by atoms with Gasteiger partial charge in [0.15, 0.2) is 0 Å². The first-order valence-corrected chi connectivity index (χ1v) is 6.25. The zero-order valence-corrected chi connectivity index (χ0v) is 10.2. The summed E-state index contributed by atoms with van der Waals surface area (Å²) < 4.78 is 0. The highest BCUT2D eigenvalue weighted by Crippen LogP contribution is 2.33. The molecule has 2 atom stereocenters. The van der Waals surface area contributed by atoms with E-state index >= 15 is 0 Å². The quantitative estimate of drug-likeness (QED) is 0.735. The van der Waals surface area contributed by atoms with Gasteiger partial charge in [0, 0.05) is 25.6 Å². The molecule has 2 aliphatic rings. The van der Waals surface area contributed by atoms with Gasteiger partial charge in [0.05, 0.1) is 5.41 Å². The lowest BCUT2D eigenvalue weighted by atomic mass is 9.90. The fourth-order valence-electron chi connectivity index (χ4n) is 2.75. The smallest absolute Gasteiger partial charge is 0.310 e. The molecule has 0 spiro atoms. The molecule has 0 saturated carbocycles. The summed E-state index contributed by atoms with van der Waals surface area (Å²) in [4.78, 5) is 24.8. The molecule has 0 radical (unpaired) electrons. The van der Waals surface area contributed by atoms with Crippen LogP contribution in [0, 0.1) is 5.41 Å². The van der Waals surface area contributed by atoms with Gasteiger partial charge in [0.1, 0.15) is 0 Å². The lowest BCUT2D eigenvalue weighted by Crippen LogP contribution is -2.38. The van der Waals surface area contributed by atoms with E-state index in [0.717, 1.165) is 25.9 Å². The van der Waals surface area contributed by atoms with Crippen molar-refractivity contribution in [3.05, 3.63) is 0 Å². The summed E-state index contributed by atoms with van der Waals surface area (Å²) in [7, 11) is 0. The number of carbonyl (C=O) groups is 2. The third kappa shape index (κ3) is 2.60. The molecule has 2 unspecified atom stereocenters. The van der Waals surface area contributed by atoms with Crippen molar-refractivity contribution in [1.29, 1.82) is 0 Å². The zero-order chi connectivity index (χ0) is 12.5. The van der Waals surface area contributed by atoms with Crippen LogP contribution in [0.25, 0.3) is 0 Å². The maximum absolute atomic E-state index is 11.5. The van der Waals surface area contributed by atoms with Crippen LogP contribution in [0.2, 0.25) is 0 Å². The second-order valence-electron chi connectivity index (χ2n) is 5.44. The topological polar surface area (TPSA) is 69.6 Å². The molecule has 5 heteroatoms. The summed E-state index contributed by atoms with van der Waals surface area (Å²) in [5.74, 6) is -0.630. The van der Waals surface area contributed by atoms with Crippen LogP contribution in [0.15, 0.2) is 0 Å². The van der Waals surface area contributed by atoms with E-state index in [0.29, 0.717) is 19.4 Å². The normalized spacial score (nSPS) is 35.4. The molecule has 2 rings (SSSR count). The highest BCUT2D eigenvalue weighted by molar-refractivity contribution is 5.77. The summed E-state index contributed by atoms with van der Waals surface area (Å²) in [5, 5.41) is 12.0. The minimum absolute atomic E-state index is 0.0939. The molecule has 0 aromatic carbocycles. The molecular weight excluding hydrogens is 220 g/mol. The number of carboxylic acid groups (broad SMARTS) is 1. The maximum atomic E-state index is 11.5. The first-order valence-electron chi connectivity index (χ1n) is 6.25. The Morgan fingerprint density at radius 2 is 2.35 bits per heavy atom. The Labute approximate surface area is 101 Å². The predicted octanol–water partition coefficient (Wildman–Crippen LogP) is 0.452. The number of hydrogen-bond donors (Lipinski definition) is 2. The molecule has 2 aliphatic heterocycles. The second-order valence-corrected chi connectivity index (χ2v) is 5.44. The minimum Gasteiger partial charge on any atom is -0.481 e. The van der Waals surface area contributed by atoms with Gasteiger partial charge in [-0.3, -0.25) is 14.5 Å². The van der Waals surface area contributed by atoms with Crippen molar-refractivity contribution in [2.75, 3.05) is 19.6 Å². The number of carboxylic acids is 1. The fourth-order valence-corrected chi connectivity index (χ4v) is 2.75. The molecule has 17 heavy (non-hydrogen) atoms. The molecule has 0 aliphatic carbocycles. The van der Waals surface area contributed by atoms with Crippen LogP contribution in [0.1, 0.15) is 32.6 Å². The van der Waals surface area contributed by atoms with Gasteiger partial charge in [-0.2, -0.15) is 0 Å². The number of rotatable bonds is 2. The first kappa shape index (κ1) is 12.4. The van der Waals surface area contributed by atoms with E-state index in [4.69, 9.17) is 0 Å². The minimum atomic E-state index is -0.724. The number of hydrogen-bond acceptors (Lipinski definition) is 3. The summed E-state index contributed by atoms with van der Waals surface area (Å²) in [6, 6.07) is 0.221. The molecule has 96 valence electrons. The van der Waals surface area contributed by atoms with E-state index in [1.807, 2.05) is 0 Å². The van der Waals surface area contributed by atoms with Crippen LogP contribution in [-0.4, -0.2) is 47.6 Å². The summed E-state index contributed by atoms with van der Waals surface area (Å²) in [5.41, 5.74) is -0.636. The SMILES string of the molecule is CC1(C(=O)O)CCN(C2CCCNC(=O)C2)C1. The molecule has 2 fully saturated rings. The van der Waals surface area contributed by atoms with Gasteiger partial charge in [0.2, 0.25) is 5.91 Å². The van der Waals surface area contributed by atoms with Gasteiger partial charge < -0.3 is 10.4 Å². The number of likely N-dealkylation sites (tertiary alicyclic amines) is 1. The van der Waals surface area contributed by atoms with Crippen molar-refractivity contribution in [3.63, 3.8) is 0 Å². The third-order valence-corrected chi connectivity index (χ3v) is 3.99. The van der Waals surface area contributed by atoms with E-state index in [2.05, 4.69) is 10.2 Å². The van der Waals surface area contributed by atoms with E-state index in [1.54, 1.807) is 6.92 Å². The number of nitrogens with one attached hydrogen (secondary N) is 1. The largest absolute Gasteiger partial charge is 0.481 e. The van der Waals surface area contributed by atoms with E-state index in [-0.39, 0.29) is 11.9 Å². The van der Waals surface area contributed by atoms with Gasteiger partial charge >= 0.3 is 5.97 Å². The Morgan fingerprint density at radius 1 is 1.59 bits per heavy atom. The summed E-state index contributed by atoms with van der Waals surface area (Å²) in [6.45, 7) is 3.91. The van der Waals surface area contributed by atoms with Crippen molar-refractivity contribution >= 4 is 11.9 Å². The Morgan fingerprint density at radius 3 is 3.00 bits per heavy atom. The van der Waals surface area contributed by atoms with Crippen molar-refractivity contribution in [2.45, 2.75) is 38.6 Å². The zero-order valence-electron chi connectivity index (χ0n) is 10.2. The average Bonchev–Trinajstić information content (AvgIpc) is 2.54. The second kappa shape index (κ2) is 4.64. The molecule has 5 nitrogen and oxygen atoms in total. The summed E-state index contributed by atoms with van der Waals surface area (Å²) >= 11 is 0. The van der Waals surface area contributed by atoms with Crippen molar-refractivity contribution in [1.82, 2.24) is 10.2 Å². The number of carbonyl (C=O) groups excluding carboxylic acids is 1. The highest BCUT2D eigenvalue weighted by Gasteiger charge is 2.42. The van der Waals surface area contributed by atoms with Gasteiger partial charge in [0.25, 0.3) is 0 Å². The Kier molecular flexibility index (Phi) is 3.38. The van der Waals surface area contributed by atoms with Crippen LogP contribution in [0.4, 0.5) is 0 Å². The molecule has 1 amide bonds. The molecule has 2 heterocycles. The van der Waals surface area contributed by atoms with Crippen LogP contribution in [0.5, 0.6) is 0 Å². The predicted molar refractivity (Wildman–Crippen MR) is 62.6 cm³/mol. The molecule has 0 aromatic heterocycles. The fraction of sp³-hybridized carbons (Fsp3) is 0.833. The van der Waals surface area contributed by atoms with Gasteiger partial charge in [-0.15, -0.1) is 0 Å². The lowest BCUT2D eigenvalue weighted by Gasteiger charge is -2.27. The molecule has 2 N–H and O–H groups in total. The van der Waals surface area contributed by atoms with E-state index in [9.17, 15) is 14.7 Å². The Bertz CT molecular complexity index is 332. The van der Waals surface area contributed by atoms with Gasteiger partial charge in [-0.05, 0) is 32.7 Å². The maximum Gasteiger partial charge on any atom is 0.310 e. The summed E-state index contributed by atoms with van der Waals surface area (Å²) in [6.07, 6.45) is 3.15. The van der Waals surface area contributed by atoms with Crippen molar-refractivity contribution in [2.24, 2.45) is 5.41 Å². The Hall–Kier alpha value is -1.10. The number of nitrogens with zero attached hydrogens (tertiary/aromatic N) is 1. The average molecular weight is 240 g/mol. The number of aliphatic carboxylic acids is 1. The van der Waals surface area contributed by atoms with Crippen LogP contribution >= 0.6 is 0 Å². The third-order valence-electron chi connectivity index (χ3n) is 3.99. The van der Waals surface area contributed by atoms with Gasteiger partial charge in [-0.1, -0.05) is 0 Å². The highest BCUT2D eigenvalue weighted by atomic mass is 16.4. The van der Waals surface area contributed by atoms with E-state index < -0.39 is 11.4 Å². The van der Waals surface area contributed by atoms with E-state index in [1.165, 1.54) is 0 Å². The number of amides is 1. The standard InChI is InChI=1S/C12H20N2O3/c1-12(11(16)17)4-6-14(8-12)9-3-2-5-13-10(15)7-9/h9H,2-8H2,1H3,(H,13,15)(H,16,17). The van der Waals surface area contributed by atoms with Crippen molar-refractivity contribution in [3.8, 4) is 0 Å². The molecular formula is C12H20N2O3. The Balaban J connectivity index is 1.99. The van der Waals surface area contributed by atoms with Gasteiger partial charge in [-0.25, -0.2) is 0 Å². The monoisotopic (exact) mass is 240 g/mol. The molecule has 0 aromatic rings. The molecule has 2 saturated heterocycles. The van der Waals surface area contributed by atoms with Crippen LogP contribution in [0.3, 0.4) is 0 Å².